The maximum atomic E-state index is 11.9. The Balaban J connectivity index is 1.49. The molecule has 7 nitrogen and oxygen atoms in total. The number of carbonyl (C=O) groups excluding carboxylic acids is 1. The number of furan rings is 1. The van der Waals surface area contributed by atoms with Crippen LogP contribution in [-0.4, -0.2) is 22.8 Å². The van der Waals surface area contributed by atoms with Crippen LogP contribution in [0.2, 0.25) is 5.02 Å². The standard InChI is InChI=1S/C19H13BrClN3O4S2/c20-17-9-14(28-19(17)30-16-5-1-12(21)2-6-16)10-22-23-18(25)11-29-15-7-3-13(4-8-15)24(26)27/h1-10H,11H2,(H,23,25)/b22-10-. The molecule has 1 N–H and O–H groups in total. The summed E-state index contributed by atoms with van der Waals surface area (Å²) in [6, 6.07) is 15.1. The molecule has 0 aliphatic rings. The number of rotatable bonds is 8. The number of non-ortho nitro benzene ring substituents is 1. The molecule has 3 rings (SSSR count). The molecule has 2 aromatic carbocycles. The molecule has 0 aliphatic carbocycles. The molecule has 0 spiro atoms. The van der Waals surface area contributed by atoms with Crippen LogP contribution in [0.3, 0.4) is 0 Å². The first-order valence-corrected chi connectivity index (χ1v) is 11.3. The van der Waals surface area contributed by atoms with E-state index in [4.69, 9.17) is 16.0 Å². The molecule has 0 aliphatic heterocycles. The van der Waals surface area contributed by atoms with Gasteiger partial charge in [0, 0.05) is 33.0 Å². The summed E-state index contributed by atoms with van der Waals surface area (Å²) in [5.74, 6) is 0.284. The molecule has 1 aromatic heterocycles. The van der Waals surface area contributed by atoms with Gasteiger partial charge in [-0.05, 0) is 52.3 Å². The van der Waals surface area contributed by atoms with Crippen LogP contribution < -0.4 is 5.43 Å². The van der Waals surface area contributed by atoms with Crippen molar-refractivity contribution in [3.8, 4) is 0 Å². The highest BCUT2D eigenvalue weighted by Crippen LogP contribution is 2.35. The van der Waals surface area contributed by atoms with E-state index in [1.807, 2.05) is 12.1 Å². The number of benzene rings is 2. The molecule has 3 aromatic rings. The predicted molar refractivity (Wildman–Crippen MR) is 122 cm³/mol. The van der Waals surface area contributed by atoms with E-state index < -0.39 is 4.92 Å². The third-order valence-electron chi connectivity index (χ3n) is 3.50. The van der Waals surface area contributed by atoms with Crippen molar-refractivity contribution in [1.82, 2.24) is 5.43 Å². The zero-order chi connectivity index (χ0) is 21.5. The Morgan fingerprint density at radius 2 is 1.87 bits per heavy atom. The van der Waals surface area contributed by atoms with Crippen LogP contribution in [0.4, 0.5) is 5.69 Å². The normalized spacial score (nSPS) is 11.0. The Labute approximate surface area is 193 Å². The van der Waals surface area contributed by atoms with Gasteiger partial charge in [0.15, 0.2) is 5.09 Å². The molecule has 0 atom stereocenters. The number of nitrogens with one attached hydrogen (secondary N) is 1. The lowest BCUT2D eigenvalue weighted by molar-refractivity contribution is -0.384. The Hall–Kier alpha value is -2.27. The molecule has 0 unspecified atom stereocenters. The fourth-order valence-corrected chi connectivity index (χ4v) is 4.27. The van der Waals surface area contributed by atoms with E-state index in [1.54, 1.807) is 30.3 Å². The van der Waals surface area contributed by atoms with Gasteiger partial charge in [0.2, 0.25) is 5.91 Å². The number of carbonyl (C=O) groups is 1. The molecule has 1 amide bonds. The fourth-order valence-electron chi connectivity index (χ4n) is 2.13. The van der Waals surface area contributed by atoms with Gasteiger partial charge in [-0.25, -0.2) is 5.43 Å². The number of hydrogen-bond donors (Lipinski definition) is 1. The smallest absolute Gasteiger partial charge is 0.269 e. The lowest BCUT2D eigenvalue weighted by atomic mass is 10.3. The number of halogens is 2. The van der Waals surface area contributed by atoms with Crippen molar-refractivity contribution < 1.29 is 14.1 Å². The van der Waals surface area contributed by atoms with Crippen LogP contribution in [0.5, 0.6) is 0 Å². The second-order valence-electron chi connectivity index (χ2n) is 5.67. The Bertz CT molecular complexity index is 1070. The number of hydrogen-bond acceptors (Lipinski definition) is 7. The lowest BCUT2D eigenvalue weighted by Crippen LogP contribution is -2.19. The third-order valence-corrected chi connectivity index (χ3v) is 6.61. The van der Waals surface area contributed by atoms with Gasteiger partial charge in [0.05, 0.1) is 21.4 Å². The summed E-state index contributed by atoms with van der Waals surface area (Å²) in [5, 5.41) is 15.8. The van der Waals surface area contributed by atoms with Gasteiger partial charge in [0.25, 0.3) is 5.69 Å². The van der Waals surface area contributed by atoms with Crippen LogP contribution in [0.1, 0.15) is 5.76 Å². The first-order valence-electron chi connectivity index (χ1n) is 8.32. The fraction of sp³-hybridized carbons (Fsp3) is 0.0526. The Kier molecular flexibility index (Phi) is 7.97. The molecule has 30 heavy (non-hydrogen) atoms. The maximum Gasteiger partial charge on any atom is 0.269 e. The van der Waals surface area contributed by atoms with Gasteiger partial charge in [0.1, 0.15) is 5.76 Å². The summed E-state index contributed by atoms with van der Waals surface area (Å²) in [7, 11) is 0. The molecule has 0 fully saturated rings. The second kappa shape index (κ2) is 10.7. The minimum atomic E-state index is -0.470. The van der Waals surface area contributed by atoms with Gasteiger partial charge in [-0.2, -0.15) is 5.10 Å². The zero-order valence-electron chi connectivity index (χ0n) is 15.1. The van der Waals surface area contributed by atoms with Crippen molar-refractivity contribution in [3.63, 3.8) is 0 Å². The predicted octanol–water partition coefficient (Wildman–Crippen LogP) is 6.00. The molecule has 1 heterocycles. The largest absolute Gasteiger partial charge is 0.447 e. The van der Waals surface area contributed by atoms with E-state index >= 15 is 0 Å². The van der Waals surface area contributed by atoms with Crippen molar-refractivity contribution in [2.75, 3.05) is 5.75 Å². The summed E-state index contributed by atoms with van der Waals surface area (Å²) in [6.45, 7) is 0. The summed E-state index contributed by atoms with van der Waals surface area (Å²) in [5.41, 5.74) is 2.43. The lowest BCUT2D eigenvalue weighted by Gasteiger charge is -2.00. The van der Waals surface area contributed by atoms with Crippen LogP contribution >= 0.6 is 51.1 Å². The highest BCUT2D eigenvalue weighted by Gasteiger charge is 2.10. The van der Waals surface area contributed by atoms with Crippen molar-refractivity contribution in [2.24, 2.45) is 5.10 Å². The Morgan fingerprint density at radius 1 is 1.20 bits per heavy atom. The molecule has 0 bridgehead atoms. The number of nitro groups is 1. The van der Waals surface area contributed by atoms with E-state index in [9.17, 15) is 14.9 Å². The Morgan fingerprint density at radius 3 is 2.53 bits per heavy atom. The quantitative estimate of drug-likeness (QED) is 0.167. The number of amides is 1. The molecule has 11 heteroatoms. The highest BCUT2D eigenvalue weighted by atomic mass is 79.9. The topological polar surface area (TPSA) is 97.7 Å². The summed E-state index contributed by atoms with van der Waals surface area (Å²) >= 11 is 12.0. The molecule has 0 saturated carbocycles. The van der Waals surface area contributed by atoms with Crippen molar-refractivity contribution >= 4 is 68.9 Å². The van der Waals surface area contributed by atoms with Gasteiger partial charge in [-0.3, -0.25) is 14.9 Å². The number of thioether (sulfide) groups is 1. The average Bonchev–Trinajstić information content (AvgIpc) is 3.07. The SMILES string of the molecule is O=C(CSc1ccc([N+](=O)[O-])cc1)N/N=C\c1cc(Br)c(Sc2ccc(Cl)cc2)o1. The minimum Gasteiger partial charge on any atom is -0.447 e. The number of nitro benzene ring substituents is 1. The average molecular weight is 527 g/mol. The zero-order valence-corrected chi connectivity index (χ0v) is 19.1. The molecule has 0 radical (unpaired) electrons. The van der Waals surface area contributed by atoms with Crippen LogP contribution in [0.25, 0.3) is 0 Å². The van der Waals surface area contributed by atoms with Gasteiger partial charge < -0.3 is 4.42 Å². The molecular weight excluding hydrogens is 514 g/mol. The monoisotopic (exact) mass is 525 g/mol. The molecular formula is C19H13BrClN3O4S2. The van der Waals surface area contributed by atoms with E-state index in [0.29, 0.717) is 15.9 Å². The van der Waals surface area contributed by atoms with E-state index in [-0.39, 0.29) is 17.3 Å². The number of hydrazone groups is 1. The minimum absolute atomic E-state index is 0.00612. The summed E-state index contributed by atoms with van der Waals surface area (Å²) < 4.78 is 6.48. The van der Waals surface area contributed by atoms with Gasteiger partial charge >= 0.3 is 0 Å². The van der Waals surface area contributed by atoms with E-state index in [1.165, 1.54) is 41.9 Å². The van der Waals surface area contributed by atoms with Gasteiger partial charge in [-0.1, -0.05) is 23.4 Å². The maximum absolute atomic E-state index is 11.9. The van der Waals surface area contributed by atoms with E-state index in [0.717, 1.165) is 14.3 Å². The highest BCUT2D eigenvalue weighted by molar-refractivity contribution is 9.10. The first kappa shape index (κ1) is 22.4. The van der Waals surface area contributed by atoms with Crippen molar-refractivity contribution in [1.29, 1.82) is 0 Å². The van der Waals surface area contributed by atoms with Crippen LogP contribution in [0.15, 0.2) is 83.5 Å². The second-order valence-corrected chi connectivity index (χ2v) is 9.06. The first-order chi connectivity index (χ1) is 14.4. The number of nitrogens with zero attached hydrogens (tertiary/aromatic N) is 2. The third kappa shape index (κ3) is 6.63. The van der Waals surface area contributed by atoms with Crippen molar-refractivity contribution in [3.05, 3.63) is 80.0 Å². The van der Waals surface area contributed by atoms with Crippen LogP contribution in [0, 0.1) is 10.1 Å². The summed E-state index contributed by atoms with van der Waals surface area (Å²) in [6.07, 6.45) is 1.41. The van der Waals surface area contributed by atoms with E-state index in [2.05, 4.69) is 26.5 Å². The molecule has 0 saturated heterocycles. The van der Waals surface area contributed by atoms with Gasteiger partial charge in [-0.15, -0.1) is 11.8 Å². The van der Waals surface area contributed by atoms with Crippen molar-refractivity contribution in [2.45, 2.75) is 14.9 Å². The summed E-state index contributed by atoms with van der Waals surface area (Å²) in [4.78, 5) is 23.8. The van der Waals surface area contributed by atoms with Crippen LogP contribution in [-0.2, 0) is 4.79 Å². The molecule has 154 valence electrons.